The van der Waals surface area contributed by atoms with Crippen molar-refractivity contribution in [2.24, 2.45) is 0 Å². The molecular formula is C16H18O6. The number of hydrogen-bond donors (Lipinski definition) is 4. The minimum Gasteiger partial charge on any atom is -0.482 e. The lowest BCUT2D eigenvalue weighted by Crippen LogP contribution is -2.60. The molecule has 1 saturated heterocycles. The van der Waals surface area contributed by atoms with Gasteiger partial charge in [0.25, 0.3) is 0 Å². The van der Waals surface area contributed by atoms with Gasteiger partial charge < -0.3 is 29.9 Å². The van der Waals surface area contributed by atoms with Crippen LogP contribution in [0.5, 0.6) is 5.75 Å². The Balaban J connectivity index is 1.88. The van der Waals surface area contributed by atoms with Crippen molar-refractivity contribution < 1.29 is 29.9 Å². The van der Waals surface area contributed by atoms with Gasteiger partial charge in [-0.2, -0.15) is 0 Å². The van der Waals surface area contributed by atoms with E-state index < -0.39 is 37.3 Å². The molecule has 0 unspecified atom stereocenters. The van der Waals surface area contributed by atoms with Crippen molar-refractivity contribution in [1.82, 2.24) is 0 Å². The zero-order valence-electron chi connectivity index (χ0n) is 11.7. The Kier molecular flexibility index (Phi) is 4.28. The number of aliphatic hydroxyl groups excluding tert-OH is 4. The molecule has 1 aliphatic heterocycles. The van der Waals surface area contributed by atoms with Crippen molar-refractivity contribution in [3.63, 3.8) is 0 Å². The van der Waals surface area contributed by atoms with Crippen LogP contribution in [0.25, 0.3) is 10.8 Å². The largest absolute Gasteiger partial charge is 0.482 e. The first-order valence-corrected chi connectivity index (χ1v) is 7.07. The summed E-state index contributed by atoms with van der Waals surface area (Å²) in [5.74, 6) is 0.472. The highest BCUT2D eigenvalue weighted by molar-refractivity contribution is 5.88. The van der Waals surface area contributed by atoms with Gasteiger partial charge >= 0.3 is 0 Å². The smallest absolute Gasteiger partial charge is 0.195 e. The minimum absolute atomic E-state index is 0.472. The van der Waals surface area contributed by atoms with Crippen LogP contribution in [0, 0.1) is 0 Å². The number of hydrogen-bond acceptors (Lipinski definition) is 6. The van der Waals surface area contributed by atoms with Crippen LogP contribution in [-0.2, 0) is 4.74 Å². The summed E-state index contributed by atoms with van der Waals surface area (Å²) in [6.07, 6.45) is -6.36. The van der Waals surface area contributed by atoms with E-state index in [1.807, 2.05) is 30.3 Å². The maximum Gasteiger partial charge on any atom is 0.195 e. The Morgan fingerprint density at radius 3 is 2.45 bits per heavy atom. The second-order valence-electron chi connectivity index (χ2n) is 5.29. The molecule has 0 bridgehead atoms. The third-order valence-corrected chi connectivity index (χ3v) is 3.86. The van der Waals surface area contributed by atoms with Gasteiger partial charge in [0.15, 0.2) is 12.4 Å². The molecular weight excluding hydrogens is 288 g/mol. The highest BCUT2D eigenvalue weighted by Crippen LogP contribution is 2.29. The highest BCUT2D eigenvalue weighted by atomic mass is 16.7. The SMILES string of the molecule is OC[C@H]1O[C@H](O)[C@@H](Oc2cccc3ccccc23)[C@@H](O)[C@@H]1O. The summed E-state index contributed by atoms with van der Waals surface area (Å²) >= 11 is 0. The van der Waals surface area contributed by atoms with Gasteiger partial charge in [0.1, 0.15) is 24.1 Å². The second-order valence-corrected chi connectivity index (χ2v) is 5.29. The topological polar surface area (TPSA) is 99.4 Å². The maximum atomic E-state index is 10.1. The van der Waals surface area contributed by atoms with Gasteiger partial charge in [-0.15, -0.1) is 0 Å². The number of rotatable bonds is 3. The summed E-state index contributed by atoms with van der Waals surface area (Å²) in [4.78, 5) is 0. The summed E-state index contributed by atoms with van der Waals surface area (Å²) in [5, 5.41) is 40.8. The van der Waals surface area contributed by atoms with Crippen molar-refractivity contribution >= 4 is 10.8 Å². The van der Waals surface area contributed by atoms with E-state index in [1.54, 1.807) is 12.1 Å². The van der Waals surface area contributed by atoms with Crippen LogP contribution in [0.15, 0.2) is 42.5 Å². The van der Waals surface area contributed by atoms with Crippen LogP contribution in [0.2, 0.25) is 0 Å². The maximum absolute atomic E-state index is 10.1. The van der Waals surface area contributed by atoms with Crippen molar-refractivity contribution in [2.75, 3.05) is 6.61 Å². The monoisotopic (exact) mass is 306 g/mol. The van der Waals surface area contributed by atoms with Crippen LogP contribution < -0.4 is 4.74 Å². The Labute approximate surface area is 127 Å². The van der Waals surface area contributed by atoms with E-state index in [0.717, 1.165) is 10.8 Å². The van der Waals surface area contributed by atoms with Gasteiger partial charge in [-0.05, 0) is 11.5 Å². The average Bonchev–Trinajstić information content (AvgIpc) is 2.55. The molecule has 3 rings (SSSR count). The van der Waals surface area contributed by atoms with Crippen LogP contribution >= 0.6 is 0 Å². The molecule has 2 aromatic carbocycles. The normalized spacial score (nSPS) is 32.1. The van der Waals surface area contributed by atoms with Crippen molar-refractivity contribution in [1.29, 1.82) is 0 Å². The second kappa shape index (κ2) is 6.20. The first-order valence-electron chi connectivity index (χ1n) is 7.07. The van der Waals surface area contributed by atoms with Crippen molar-refractivity contribution in [3.8, 4) is 5.75 Å². The number of fused-ring (bicyclic) bond motifs is 1. The molecule has 0 radical (unpaired) electrons. The molecule has 1 aliphatic rings. The number of ether oxygens (including phenoxy) is 2. The van der Waals surface area contributed by atoms with E-state index >= 15 is 0 Å². The average molecular weight is 306 g/mol. The lowest BCUT2D eigenvalue weighted by molar-refractivity contribution is -0.280. The Hall–Kier alpha value is -1.70. The molecule has 4 N–H and O–H groups in total. The molecule has 1 heterocycles. The molecule has 2 aromatic rings. The summed E-state index contributed by atoms with van der Waals surface area (Å²) in [6.45, 7) is -0.504. The molecule has 118 valence electrons. The fraction of sp³-hybridized carbons (Fsp3) is 0.375. The quantitative estimate of drug-likeness (QED) is 0.638. The highest BCUT2D eigenvalue weighted by Gasteiger charge is 2.45. The first-order chi connectivity index (χ1) is 10.6. The van der Waals surface area contributed by atoms with Crippen LogP contribution in [0.4, 0.5) is 0 Å². The first kappa shape index (κ1) is 15.2. The molecule has 0 saturated carbocycles. The van der Waals surface area contributed by atoms with E-state index in [9.17, 15) is 15.3 Å². The lowest BCUT2D eigenvalue weighted by atomic mass is 9.99. The van der Waals surface area contributed by atoms with E-state index in [2.05, 4.69) is 0 Å². The van der Waals surface area contributed by atoms with Gasteiger partial charge in [-0.1, -0.05) is 36.4 Å². The fourth-order valence-corrected chi connectivity index (χ4v) is 2.64. The predicted octanol–water partition coefficient (Wildman–Crippen LogP) is 0.0185. The van der Waals surface area contributed by atoms with Crippen LogP contribution in [-0.4, -0.2) is 57.7 Å². The van der Waals surface area contributed by atoms with Gasteiger partial charge in [0.05, 0.1) is 6.61 Å². The summed E-state index contributed by atoms with van der Waals surface area (Å²) in [6, 6.07) is 13.0. The van der Waals surface area contributed by atoms with Gasteiger partial charge in [0, 0.05) is 5.39 Å². The van der Waals surface area contributed by atoms with Crippen molar-refractivity contribution in [2.45, 2.75) is 30.7 Å². The van der Waals surface area contributed by atoms with E-state index in [0.29, 0.717) is 5.75 Å². The van der Waals surface area contributed by atoms with Gasteiger partial charge in [0.2, 0.25) is 0 Å². The molecule has 22 heavy (non-hydrogen) atoms. The molecule has 1 fully saturated rings. The zero-order valence-corrected chi connectivity index (χ0v) is 11.7. The zero-order chi connectivity index (χ0) is 15.7. The van der Waals surface area contributed by atoms with Gasteiger partial charge in [-0.3, -0.25) is 0 Å². The molecule has 0 aromatic heterocycles. The predicted molar refractivity (Wildman–Crippen MR) is 78.3 cm³/mol. The fourth-order valence-electron chi connectivity index (χ4n) is 2.64. The van der Waals surface area contributed by atoms with Gasteiger partial charge in [-0.25, -0.2) is 0 Å². The molecule has 0 spiro atoms. The number of aliphatic hydroxyl groups is 4. The third kappa shape index (κ3) is 2.67. The third-order valence-electron chi connectivity index (χ3n) is 3.86. The lowest BCUT2D eigenvalue weighted by Gasteiger charge is -2.39. The van der Waals surface area contributed by atoms with E-state index in [1.165, 1.54) is 0 Å². The molecule has 5 atom stereocenters. The Morgan fingerprint density at radius 1 is 0.955 bits per heavy atom. The molecule has 6 nitrogen and oxygen atoms in total. The molecule has 0 amide bonds. The number of benzene rings is 2. The molecule has 6 heteroatoms. The summed E-state index contributed by atoms with van der Waals surface area (Å²) < 4.78 is 10.8. The molecule has 0 aliphatic carbocycles. The van der Waals surface area contributed by atoms with E-state index in [-0.39, 0.29) is 0 Å². The minimum atomic E-state index is -1.45. The van der Waals surface area contributed by atoms with Crippen LogP contribution in [0.3, 0.4) is 0 Å². The summed E-state index contributed by atoms with van der Waals surface area (Å²) in [5.41, 5.74) is 0. The Morgan fingerprint density at radius 2 is 1.68 bits per heavy atom. The Bertz CT molecular complexity index is 640. The summed E-state index contributed by atoms with van der Waals surface area (Å²) in [7, 11) is 0. The standard InChI is InChI=1S/C16H18O6/c17-8-12-13(18)14(19)15(16(20)22-12)21-11-7-3-5-9-4-1-2-6-10(9)11/h1-7,12-20H,8H2/t12-,13-,14+,15+,16+/m1/s1. The van der Waals surface area contributed by atoms with E-state index in [4.69, 9.17) is 14.6 Å². The van der Waals surface area contributed by atoms with Crippen LogP contribution in [0.1, 0.15) is 0 Å². The van der Waals surface area contributed by atoms with Crippen molar-refractivity contribution in [3.05, 3.63) is 42.5 Å².